The van der Waals surface area contributed by atoms with Gasteiger partial charge in [0.1, 0.15) is 5.76 Å². The molecule has 0 amide bonds. The van der Waals surface area contributed by atoms with Gasteiger partial charge < -0.3 is 5.11 Å². The molecule has 138 valence electrons. The fourth-order valence-corrected chi connectivity index (χ4v) is 3.89. The predicted octanol–water partition coefficient (Wildman–Crippen LogP) is 5.87. The van der Waals surface area contributed by atoms with E-state index in [-0.39, 0.29) is 28.6 Å². The molecule has 0 aliphatic heterocycles. The molecule has 0 aromatic heterocycles. The molecule has 0 heterocycles. The van der Waals surface area contributed by atoms with Gasteiger partial charge >= 0.3 is 6.18 Å². The number of benzene rings is 2. The van der Waals surface area contributed by atoms with Gasteiger partial charge in [-0.2, -0.15) is 13.2 Å². The fourth-order valence-electron chi connectivity index (χ4n) is 3.89. The lowest BCUT2D eigenvalue weighted by molar-refractivity contribution is -0.137. The summed E-state index contributed by atoms with van der Waals surface area (Å²) >= 11 is 0. The van der Waals surface area contributed by atoms with E-state index in [0.29, 0.717) is 24.0 Å². The first kappa shape index (κ1) is 17.6. The van der Waals surface area contributed by atoms with Crippen LogP contribution in [-0.4, -0.2) is 10.9 Å². The second kappa shape index (κ2) is 6.12. The molecule has 2 aromatic carbocycles. The highest BCUT2D eigenvalue weighted by atomic mass is 19.4. The van der Waals surface area contributed by atoms with Crippen molar-refractivity contribution in [3.63, 3.8) is 0 Å². The van der Waals surface area contributed by atoms with Gasteiger partial charge in [-0.3, -0.25) is 4.79 Å². The summed E-state index contributed by atoms with van der Waals surface area (Å²) in [6.07, 6.45) is -1.38. The van der Waals surface area contributed by atoms with Gasteiger partial charge in [-0.05, 0) is 59.7 Å². The third-order valence-electron chi connectivity index (χ3n) is 5.30. The topological polar surface area (TPSA) is 37.3 Å². The molecule has 2 nitrogen and oxygen atoms in total. The number of carbonyl (C=O) groups is 1. The van der Waals surface area contributed by atoms with Crippen molar-refractivity contribution in [3.8, 4) is 11.1 Å². The van der Waals surface area contributed by atoms with Crippen LogP contribution in [0.15, 0.2) is 59.9 Å². The van der Waals surface area contributed by atoms with Gasteiger partial charge in [-0.25, -0.2) is 0 Å². The Morgan fingerprint density at radius 1 is 1.07 bits per heavy atom. The molecule has 2 aliphatic carbocycles. The van der Waals surface area contributed by atoms with E-state index in [1.807, 2.05) is 0 Å². The quantitative estimate of drug-likeness (QED) is 0.718. The number of aliphatic hydroxyl groups is 1. The maximum Gasteiger partial charge on any atom is 0.417 e. The maximum atomic E-state index is 13.4. The van der Waals surface area contributed by atoms with E-state index in [1.54, 1.807) is 37.3 Å². The number of aliphatic hydroxyl groups excluding tert-OH is 1. The van der Waals surface area contributed by atoms with Gasteiger partial charge in [-0.15, -0.1) is 0 Å². The van der Waals surface area contributed by atoms with Gasteiger partial charge in [0.25, 0.3) is 0 Å². The highest BCUT2D eigenvalue weighted by molar-refractivity contribution is 6.25. The van der Waals surface area contributed by atoms with Gasteiger partial charge in [-0.1, -0.05) is 36.4 Å². The molecule has 5 heteroatoms. The molecule has 2 bridgehead atoms. The minimum Gasteiger partial charge on any atom is -0.507 e. The molecule has 2 aliphatic rings. The number of hydrogen-bond acceptors (Lipinski definition) is 2. The molecule has 0 fully saturated rings. The van der Waals surface area contributed by atoms with Crippen molar-refractivity contribution in [2.75, 3.05) is 0 Å². The Kier molecular flexibility index (Phi) is 3.98. The molecule has 0 saturated carbocycles. The van der Waals surface area contributed by atoms with Crippen LogP contribution in [0.2, 0.25) is 0 Å². The van der Waals surface area contributed by atoms with Crippen molar-refractivity contribution >= 4 is 11.4 Å². The van der Waals surface area contributed by atoms with E-state index >= 15 is 0 Å². The summed E-state index contributed by atoms with van der Waals surface area (Å²) in [7, 11) is 0. The summed E-state index contributed by atoms with van der Waals surface area (Å²) < 4.78 is 40.2. The number of carbonyl (C=O) groups excluding carboxylic acids is 1. The molecule has 4 rings (SSSR count). The van der Waals surface area contributed by atoms with Crippen molar-refractivity contribution < 1.29 is 23.1 Å². The number of aryl methyl sites for hydroxylation is 1. The summed E-state index contributed by atoms with van der Waals surface area (Å²) in [5.41, 5.74) is 1.88. The van der Waals surface area contributed by atoms with E-state index in [4.69, 9.17) is 0 Å². The Balaban J connectivity index is 1.89. The average molecular weight is 370 g/mol. The zero-order valence-corrected chi connectivity index (χ0v) is 14.6. The van der Waals surface area contributed by atoms with Crippen molar-refractivity contribution in [2.24, 2.45) is 5.92 Å². The van der Waals surface area contributed by atoms with Crippen LogP contribution in [0.5, 0.6) is 0 Å². The number of allylic oxidation sites excluding steroid dienone is 3. The summed E-state index contributed by atoms with van der Waals surface area (Å²) in [5, 5.41) is 10.6. The number of Topliss-reactive ketones (excluding diaryl/α,β-unsaturated/α-hetero) is 1. The third-order valence-corrected chi connectivity index (χ3v) is 5.30. The van der Waals surface area contributed by atoms with Crippen molar-refractivity contribution in [3.05, 3.63) is 76.6 Å². The Morgan fingerprint density at radius 2 is 1.81 bits per heavy atom. The predicted molar refractivity (Wildman–Crippen MR) is 97.0 cm³/mol. The van der Waals surface area contributed by atoms with Crippen LogP contribution in [-0.2, 0) is 11.0 Å². The highest BCUT2D eigenvalue weighted by Gasteiger charge is 2.36. The van der Waals surface area contributed by atoms with Crippen LogP contribution in [0.1, 0.15) is 29.5 Å². The van der Waals surface area contributed by atoms with Crippen LogP contribution in [0.4, 0.5) is 13.2 Å². The van der Waals surface area contributed by atoms with Crippen LogP contribution in [0, 0.1) is 12.8 Å². The van der Waals surface area contributed by atoms with Crippen LogP contribution < -0.4 is 0 Å². The molecule has 27 heavy (non-hydrogen) atoms. The molecule has 0 unspecified atom stereocenters. The lowest BCUT2D eigenvalue weighted by Gasteiger charge is -2.19. The first-order valence-electron chi connectivity index (χ1n) is 8.73. The van der Waals surface area contributed by atoms with E-state index < -0.39 is 11.7 Å². The molecular formula is C22H17F3O2. The number of hydrogen-bond donors (Lipinski definition) is 1. The lowest BCUT2D eigenvalue weighted by atomic mass is 9.85. The normalized spacial score (nSPS) is 19.5. The molecular weight excluding hydrogens is 353 g/mol. The van der Waals surface area contributed by atoms with Crippen LogP contribution in [0.3, 0.4) is 0 Å². The van der Waals surface area contributed by atoms with Crippen molar-refractivity contribution in [1.82, 2.24) is 0 Å². The number of rotatable bonds is 2. The number of fused-ring (bicyclic) bond motifs is 1. The standard InChI is InChI=1S/C22H17F3O2/c1-12-6-7-13(16-4-2-3-5-18(16)22(23,24)25)11-17(12)19-20(26)14-8-9-15(10-14)21(19)27/h2-7,10-11,14,27H,8-9H2,1H3/t14-/m1/s1. The molecule has 2 aromatic rings. The smallest absolute Gasteiger partial charge is 0.417 e. The van der Waals surface area contributed by atoms with E-state index in [2.05, 4.69) is 0 Å². The minimum atomic E-state index is -4.48. The second-order valence-corrected chi connectivity index (χ2v) is 7.00. The van der Waals surface area contributed by atoms with Crippen LogP contribution >= 0.6 is 0 Å². The summed E-state index contributed by atoms with van der Waals surface area (Å²) in [4.78, 5) is 12.8. The number of halogens is 3. The summed E-state index contributed by atoms with van der Waals surface area (Å²) in [6, 6.07) is 10.2. The molecule has 1 N–H and O–H groups in total. The molecule has 0 radical (unpaired) electrons. The van der Waals surface area contributed by atoms with E-state index in [1.165, 1.54) is 12.1 Å². The van der Waals surface area contributed by atoms with Crippen molar-refractivity contribution in [2.45, 2.75) is 25.9 Å². The minimum absolute atomic E-state index is 0.0434. The highest BCUT2D eigenvalue weighted by Crippen LogP contribution is 2.43. The molecule has 1 atom stereocenters. The van der Waals surface area contributed by atoms with Gasteiger partial charge in [0.15, 0.2) is 5.78 Å². The Morgan fingerprint density at radius 3 is 2.56 bits per heavy atom. The molecule has 0 saturated heterocycles. The zero-order valence-electron chi connectivity index (χ0n) is 14.6. The SMILES string of the molecule is Cc1ccc(-c2ccccc2C(F)(F)F)cc1C1=C(O)C2=C[C@@H](CC2)C1=O. The number of ketones is 1. The van der Waals surface area contributed by atoms with Gasteiger partial charge in [0.05, 0.1) is 11.1 Å². The second-order valence-electron chi connectivity index (χ2n) is 7.00. The fraction of sp³-hybridized carbons (Fsp3) is 0.227. The third kappa shape index (κ3) is 2.87. The Labute approximate surface area is 154 Å². The Bertz CT molecular complexity index is 1010. The van der Waals surface area contributed by atoms with Gasteiger partial charge in [0.2, 0.25) is 0 Å². The monoisotopic (exact) mass is 370 g/mol. The largest absolute Gasteiger partial charge is 0.507 e. The van der Waals surface area contributed by atoms with Gasteiger partial charge in [0, 0.05) is 5.92 Å². The first-order valence-corrected chi connectivity index (χ1v) is 8.73. The summed E-state index contributed by atoms with van der Waals surface area (Å²) in [5.74, 6) is -0.465. The zero-order chi connectivity index (χ0) is 19.3. The van der Waals surface area contributed by atoms with E-state index in [0.717, 1.165) is 17.2 Å². The average Bonchev–Trinajstić information content (AvgIpc) is 3.08. The van der Waals surface area contributed by atoms with E-state index in [9.17, 15) is 23.1 Å². The number of alkyl halides is 3. The van der Waals surface area contributed by atoms with Crippen molar-refractivity contribution in [1.29, 1.82) is 0 Å². The summed E-state index contributed by atoms with van der Waals surface area (Å²) in [6.45, 7) is 1.78. The Hall–Kier alpha value is -2.82. The maximum absolute atomic E-state index is 13.4. The lowest BCUT2D eigenvalue weighted by Crippen LogP contribution is -2.16. The first-order chi connectivity index (χ1) is 12.8. The molecule has 0 spiro atoms. The van der Waals surface area contributed by atoms with Crippen LogP contribution in [0.25, 0.3) is 16.7 Å².